The van der Waals surface area contributed by atoms with Crippen molar-refractivity contribution >= 4 is 16.0 Å². The molecule has 0 aromatic rings. The van der Waals surface area contributed by atoms with Crippen molar-refractivity contribution < 1.29 is 28.0 Å². The summed E-state index contributed by atoms with van der Waals surface area (Å²) in [7, 11) is -4.06. The van der Waals surface area contributed by atoms with Gasteiger partial charge in [0.2, 0.25) is 5.91 Å². The van der Waals surface area contributed by atoms with E-state index in [4.69, 9.17) is 4.55 Å². The Labute approximate surface area is 205 Å². The molecule has 0 aliphatic heterocycles. The minimum absolute atomic E-state index is 0.0625. The summed E-state index contributed by atoms with van der Waals surface area (Å²) in [5, 5.41) is 24.2. The van der Waals surface area contributed by atoms with E-state index in [9.17, 15) is 23.4 Å². The molecule has 7 nitrogen and oxygen atoms in total. The van der Waals surface area contributed by atoms with E-state index in [1.165, 1.54) is 6.42 Å². The van der Waals surface area contributed by atoms with E-state index in [2.05, 4.69) is 26.1 Å². The fraction of sp³-hybridized carbons (Fsp3) is 0.962. The maximum absolute atomic E-state index is 12.2. The molecule has 8 heteroatoms. The first kappa shape index (κ1) is 26.4. The van der Waals surface area contributed by atoms with Crippen LogP contribution in [0.2, 0.25) is 0 Å². The summed E-state index contributed by atoms with van der Waals surface area (Å²) in [6.07, 6.45) is 8.87. The lowest BCUT2D eigenvalue weighted by Crippen LogP contribution is -2.58. The van der Waals surface area contributed by atoms with E-state index in [0.29, 0.717) is 41.9 Å². The molecule has 0 saturated heterocycles. The average molecular weight is 500 g/mol. The number of carbonyl (C=O) groups excluding carboxylic acids is 1. The van der Waals surface area contributed by atoms with Crippen LogP contribution >= 0.6 is 0 Å². The van der Waals surface area contributed by atoms with Gasteiger partial charge in [0.1, 0.15) is 0 Å². The molecule has 4 N–H and O–H groups in total. The fourth-order valence-electron chi connectivity index (χ4n) is 9.14. The van der Waals surface area contributed by atoms with Crippen LogP contribution in [0, 0.1) is 46.3 Å². The summed E-state index contributed by atoms with van der Waals surface area (Å²) in [5.74, 6) is 2.10. The Morgan fingerprint density at radius 2 is 1.71 bits per heavy atom. The third-order valence-corrected chi connectivity index (χ3v) is 11.6. The van der Waals surface area contributed by atoms with Crippen molar-refractivity contribution in [3.63, 3.8) is 0 Å². The molecule has 4 aliphatic rings. The van der Waals surface area contributed by atoms with Crippen molar-refractivity contribution in [2.75, 3.05) is 12.3 Å². The predicted octanol–water partition coefficient (Wildman–Crippen LogP) is 3.40. The number of carbonyl (C=O) groups is 1. The number of amides is 1. The summed E-state index contributed by atoms with van der Waals surface area (Å²) >= 11 is 0. The third kappa shape index (κ3) is 4.94. The molecule has 0 radical (unpaired) electrons. The van der Waals surface area contributed by atoms with Crippen molar-refractivity contribution in [2.24, 2.45) is 46.3 Å². The molecule has 5 unspecified atom stereocenters. The SMILES string of the molecule is CC(CCC(=O)NCCS(=O)(=O)O)[C@H]1CCC2C3C(CC[C@@]21C)[C@@]1(C)CC[C@@H](O)CC1C[C@@H]3O. The maximum Gasteiger partial charge on any atom is 0.266 e. The Morgan fingerprint density at radius 1 is 1.03 bits per heavy atom. The van der Waals surface area contributed by atoms with Gasteiger partial charge in [-0.1, -0.05) is 20.8 Å². The molecule has 4 saturated carbocycles. The minimum Gasteiger partial charge on any atom is -0.393 e. The highest BCUT2D eigenvalue weighted by Gasteiger charge is 2.62. The Bertz CT molecular complexity index is 863. The Kier molecular flexibility index (Phi) is 7.47. The summed E-state index contributed by atoms with van der Waals surface area (Å²) in [6, 6.07) is 0. The highest BCUT2D eigenvalue weighted by atomic mass is 32.2. The Morgan fingerprint density at radius 3 is 2.41 bits per heavy atom. The van der Waals surface area contributed by atoms with Gasteiger partial charge in [-0.05, 0) is 104 Å². The number of aliphatic hydroxyl groups excluding tert-OH is 2. The molecule has 1 amide bonds. The van der Waals surface area contributed by atoms with E-state index >= 15 is 0 Å². The second kappa shape index (κ2) is 9.64. The molecule has 4 rings (SSSR count). The molecule has 0 heterocycles. The molecule has 4 aliphatic carbocycles. The maximum atomic E-state index is 12.2. The van der Waals surface area contributed by atoms with Gasteiger partial charge in [0.05, 0.1) is 18.0 Å². The van der Waals surface area contributed by atoms with Crippen LogP contribution in [0.25, 0.3) is 0 Å². The van der Waals surface area contributed by atoms with Crippen LogP contribution in [0.3, 0.4) is 0 Å². The fourth-order valence-corrected chi connectivity index (χ4v) is 9.50. The summed E-state index contributed by atoms with van der Waals surface area (Å²) < 4.78 is 30.5. The predicted molar refractivity (Wildman–Crippen MR) is 130 cm³/mol. The van der Waals surface area contributed by atoms with Crippen molar-refractivity contribution in [2.45, 2.75) is 97.2 Å². The quantitative estimate of drug-likeness (QED) is 0.398. The van der Waals surface area contributed by atoms with Crippen LogP contribution in [0.1, 0.15) is 85.0 Å². The van der Waals surface area contributed by atoms with E-state index in [1.807, 2.05) is 0 Å². The highest BCUT2D eigenvalue weighted by molar-refractivity contribution is 7.85. The lowest BCUT2D eigenvalue weighted by atomic mass is 9.43. The van der Waals surface area contributed by atoms with Crippen molar-refractivity contribution in [3.05, 3.63) is 0 Å². The number of rotatable bonds is 7. The third-order valence-electron chi connectivity index (χ3n) is 10.9. The van der Waals surface area contributed by atoms with Gasteiger partial charge in [0.15, 0.2) is 0 Å². The van der Waals surface area contributed by atoms with Crippen LogP contribution in [-0.4, -0.2) is 53.6 Å². The van der Waals surface area contributed by atoms with Gasteiger partial charge in [0.25, 0.3) is 10.1 Å². The Balaban J connectivity index is 1.39. The van der Waals surface area contributed by atoms with Crippen LogP contribution in [0.5, 0.6) is 0 Å². The highest BCUT2D eigenvalue weighted by Crippen LogP contribution is 2.68. The molecule has 0 aromatic carbocycles. The van der Waals surface area contributed by atoms with Crippen molar-refractivity contribution in [3.8, 4) is 0 Å². The molecule has 4 fully saturated rings. The molecule has 34 heavy (non-hydrogen) atoms. The molecule has 196 valence electrons. The van der Waals surface area contributed by atoms with Gasteiger partial charge in [0, 0.05) is 13.0 Å². The Hall–Kier alpha value is -0.700. The standard InChI is InChI=1S/C26H45NO6S/c1-16(4-7-23(30)27-12-13-34(31,32)33)19-5-6-20-24-21(9-11-26(19,20)3)25(2)10-8-18(28)14-17(25)15-22(24)29/h16-22,24,28-29H,4-15H2,1-3H3,(H,27,30)(H,31,32,33)/t16?,17?,18-,19-,20?,21?,22+,24?,25+,26-/m1/s1. The number of nitrogens with one attached hydrogen (secondary N) is 1. The zero-order valence-electron chi connectivity index (χ0n) is 21.1. The lowest BCUT2D eigenvalue weighted by molar-refractivity contribution is -0.174. The van der Waals surface area contributed by atoms with Gasteiger partial charge < -0.3 is 15.5 Å². The lowest BCUT2D eigenvalue weighted by Gasteiger charge is -2.62. The van der Waals surface area contributed by atoms with E-state index < -0.39 is 15.9 Å². The number of aliphatic hydroxyl groups is 2. The van der Waals surface area contributed by atoms with E-state index in [-0.39, 0.29) is 35.5 Å². The first-order chi connectivity index (χ1) is 15.8. The first-order valence-corrected chi connectivity index (χ1v) is 15.0. The number of hydrogen-bond acceptors (Lipinski definition) is 5. The second-order valence-electron chi connectivity index (χ2n) is 12.6. The molecule has 0 aromatic heterocycles. The average Bonchev–Trinajstić information content (AvgIpc) is 3.09. The smallest absolute Gasteiger partial charge is 0.266 e. The zero-order chi connectivity index (χ0) is 24.9. The topological polar surface area (TPSA) is 124 Å². The number of hydrogen-bond donors (Lipinski definition) is 4. The molecule has 0 bridgehead atoms. The van der Waals surface area contributed by atoms with Gasteiger partial charge in [-0.3, -0.25) is 9.35 Å². The zero-order valence-corrected chi connectivity index (χ0v) is 21.9. The van der Waals surface area contributed by atoms with Crippen molar-refractivity contribution in [1.29, 1.82) is 0 Å². The summed E-state index contributed by atoms with van der Waals surface area (Å²) in [6.45, 7) is 7.05. The normalized spacial score (nSPS) is 45.1. The van der Waals surface area contributed by atoms with Gasteiger partial charge in [-0.15, -0.1) is 0 Å². The van der Waals surface area contributed by atoms with Gasteiger partial charge >= 0.3 is 0 Å². The summed E-state index contributed by atoms with van der Waals surface area (Å²) in [4.78, 5) is 12.2. The van der Waals surface area contributed by atoms with E-state index in [1.54, 1.807) is 0 Å². The summed E-state index contributed by atoms with van der Waals surface area (Å²) in [5.41, 5.74) is 0.411. The molecular weight excluding hydrogens is 454 g/mol. The number of fused-ring (bicyclic) bond motifs is 5. The van der Waals surface area contributed by atoms with Gasteiger partial charge in [-0.2, -0.15) is 8.42 Å². The minimum atomic E-state index is -4.06. The molecule has 10 atom stereocenters. The first-order valence-electron chi connectivity index (χ1n) is 13.4. The van der Waals surface area contributed by atoms with Crippen molar-refractivity contribution in [1.82, 2.24) is 5.32 Å². The monoisotopic (exact) mass is 499 g/mol. The largest absolute Gasteiger partial charge is 0.393 e. The van der Waals surface area contributed by atoms with Crippen LogP contribution in [0.4, 0.5) is 0 Å². The second-order valence-corrected chi connectivity index (χ2v) is 14.2. The van der Waals surface area contributed by atoms with Crippen LogP contribution < -0.4 is 5.32 Å². The van der Waals surface area contributed by atoms with Crippen LogP contribution in [0.15, 0.2) is 0 Å². The molecule has 0 spiro atoms. The van der Waals surface area contributed by atoms with Gasteiger partial charge in [-0.25, -0.2) is 0 Å². The molecular formula is C26H45NO6S. The van der Waals surface area contributed by atoms with Crippen LogP contribution in [-0.2, 0) is 14.9 Å². The van der Waals surface area contributed by atoms with E-state index in [0.717, 1.165) is 51.4 Å².